The fraction of sp³-hybridized carbons (Fsp3) is 0.100. The van der Waals surface area contributed by atoms with Crippen LogP contribution in [0.1, 0.15) is 0 Å². The largest absolute Gasteiger partial charge is 0.422 e. The third-order valence-corrected chi connectivity index (χ3v) is 2.02. The lowest BCUT2D eigenvalue weighted by Crippen LogP contribution is -2.24. The molecule has 0 saturated heterocycles. The molecule has 0 aliphatic carbocycles. The third kappa shape index (κ3) is 1.48. The van der Waals surface area contributed by atoms with Crippen molar-refractivity contribution in [1.29, 1.82) is 0 Å². The van der Waals surface area contributed by atoms with E-state index in [4.69, 9.17) is 0 Å². The van der Waals surface area contributed by atoms with Gasteiger partial charge in [0.25, 0.3) is 0 Å². The summed E-state index contributed by atoms with van der Waals surface area (Å²) in [6.07, 6.45) is 4.45. The summed E-state index contributed by atoms with van der Waals surface area (Å²) in [5, 5.41) is 0.291. The van der Waals surface area contributed by atoms with Crippen LogP contribution in [0.15, 0.2) is 45.1 Å². The fourth-order valence-electron chi connectivity index (χ4n) is 1.37. The maximum Gasteiger partial charge on any atom is 0.422 e. The number of aromatic nitrogens is 2. The molecule has 0 aliphatic rings. The molecular weight excluding hydrogens is 196 g/mol. The molecule has 0 aliphatic heterocycles. The second-order valence-corrected chi connectivity index (χ2v) is 2.95. The maximum absolute atomic E-state index is 11.4. The predicted octanol–water partition coefficient (Wildman–Crippen LogP) is 0.536. The molecule has 2 rings (SSSR count). The number of hydrogen-bond donors (Lipinski definition) is 0. The minimum Gasteiger partial charge on any atom is -0.372 e. The van der Waals surface area contributed by atoms with Gasteiger partial charge in [0.1, 0.15) is 5.39 Å². The lowest BCUT2D eigenvalue weighted by molar-refractivity contribution is 0.426. The molecule has 2 aromatic heterocycles. The first-order valence-corrected chi connectivity index (χ1v) is 4.32. The van der Waals surface area contributed by atoms with Gasteiger partial charge in [0.15, 0.2) is 0 Å². The molecular formula is C10H8N2O3. The van der Waals surface area contributed by atoms with Gasteiger partial charge in [-0.15, -0.1) is 6.58 Å². The molecule has 0 spiro atoms. The Balaban J connectivity index is 2.96. The highest BCUT2D eigenvalue weighted by molar-refractivity contribution is 5.75. The van der Waals surface area contributed by atoms with Gasteiger partial charge >= 0.3 is 11.4 Å². The van der Waals surface area contributed by atoms with E-state index in [1.165, 1.54) is 17.0 Å². The average molecular weight is 204 g/mol. The number of pyridine rings is 1. The zero-order chi connectivity index (χ0) is 10.8. The van der Waals surface area contributed by atoms with Gasteiger partial charge in [0, 0.05) is 18.9 Å². The van der Waals surface area contributed by atoms with Crippen molar-refractivity contribution in [2.75, 3.05) is 0 Å². The Hall–Kier alpha value is -2.17. The van der Waals surface area contributed by atoms with Gasteiger partial charge in [0.05, 0.1) is 5.52 Å². The molecule has 0 aromatic carbocycles. The number of fused-ring (bicyclic) bond motifs is 1. The van der Waals surface area contributed by atoms with E-state index in [9.17, 15) is 9.59 Å². The van der Waals surface area contributed by atoms with E-state index >= 15 is 0 Å². The Kier molecular flexibility index (Phi) is 2.21. The van der Waals surface area contributed by atoms with Gasteiger partial charge in [-0.25, -0.2) is 9.59 Å². The summed E-state index contributed by atoms with van der Waals surface area (Å²) in [5.74, 6) is -0.682. The minimum atomic E-state index is -0.682. The van der Waals surface area contributed by atoms with Gasteiger partial charge < -0.3 is 4.42 Å². The monoisotopic (exact) mass is 204 g/mol. The normalized spacial score (nSPS) is 10.4. The van der Waals surface area contributed by atoms with E-state index in [2.05, 4.69) is 16.0 Å². The third-order valence-electron chi connectivity index (χ3n) is 2.02. The van der Waals surface area contributed by atoms with Crippen LogP contribution in [0.2, 0.25) is 0 Å². The fourth-order valence-corrected chi connectivity index (χ4v) is 1.37. The first-order chi connectivity index (χ1) is 7.24. The Morgan fingerprint density at radius 2 is 2.33 bits per heavy atom. The number of nitrogens with zero attached hydrogens (tertiary/aromatic N) is 2. The van der Waals surface area contributed by atoms with Crippen LogP contribution in [0.25, 0.3) is 10.9 Å². The van der Waals surface area contributed by atoms with Crippen LogP contribution in [0, 0.1) is 0 Å². The van der Waals surface area contributed by atoms with E-state index in [0.717, 1.165) is 0 Å². The first-order valence-electron chi connectivity index (χ1n) is 4.32. The van der Waals surface area contributed by atoms with Crippen molar-refractivity contribution in [3.05, 3.63) is 52.1 Å². The Morgan fingerprint density at radius 3 is 3.07 bits per heavy atom. The average Bonchev–Trinajstić information content (AvgIpc) is 2.24. The highest BCUT2D eigenvalue weighted by atomic mass is 16.4. The summed E-state index contributed by atoms with van der Waals surface area (Å²) in [6, 6.07) is 1.59. The van der Waals surface area contributed by atoms with E-state index in [0.29, 0.717) is 17.4 Å². The summed E-state index contributed by atoms with van der Waals surface area (Å²) >= 11 is 0. The van der Waals surface area contributed by atoms with Gasteiger partial charge in [-0.3, -0.25) is 9.55 Å². The Labute approximate surface area is 84.3 Å². The van der Waals surface area contributed by atoms with Crippen LogP contribution in [-0.2, 0) is 6.54 Å². The number of hydrogen-bond acceptors (Lipinski definition) is 4. The molecule has 76 valence electrons. The van der Waals surface area contributed by atoms with Crippen LogP contribution in [0.5, 0.6) is 0 Å². The molecule has 2 heterocycles. The molecule has 0 fully saturated rings. The molecule has 0 atom stereocenters. The standard InChI is InChI=1S/C10H8N2O3/c1-2-5-12-8-3-4-11-6-7(8)9(13)15-10(12)14/h2-4,6H,1,5H2. The maximum atomic E-state index is 11.4. The van der Waals surface area contributed by atoms with Gasteiger partial charge in [-0.05, 0) is 6.07 Å². The topological polar surface area (TPSA) is 65.1 Å². The molecule has 0 N–H and O–H groups in total. The zero-order valence-electron chi connectivity index (χ0n) is 7.84. The van der Waals surface area contributed by atoms with Crippen molar-refractivity contribution in [1.82, 2.24) is 9.55 Å². The summed E-state index contributed by atoms with van der Waals surface area (Å²) < 4.78 is 5.86. The van der Waals surface area contributed by atoms with Gasteiger partial charge in [-0.1, -0.05) is 6.08 Å². The van der Waals surface area contributed by atoms with Crippen LogP contribution in [0.3, 0.4) is 0 Å². The molecule has 2 aromatic rings. The molecule has 5 nitrogen and oxygen atoms in total. The SMILES string of the molecule is C=CCn1c(=O)oc(=O)c2cnccc21. The molecule has 0 bridgehead atoms. The van der Waals surface area contributed by atoms with Crippen molar-refractivity contribution < 1.29 is 4.42 Å². The Morgan fingerprint density at radius 1 is 1.53 bits per heavy atom. The van der Waals surface area contributed by atoms with E-state index in [-0.39, 0.29) is 0 Å². The van der Waals surface area contributed by atoms with Crippen LogP contribution in [0.4, 0.5) is 0 Å². The lowest BCUT2D eigenvalue weighted by Gasteiger charge is -2.03. The van der Waals surface area contributed by atoms with Crippen LogP contribution >= 0.6 is 0 Å². The van der Waals surface area contributed by atoms with Gasteiger partial charge in [0.2, 0.25) is 0 Å². The molecule has 0 saturated carbocycles. The quantitative estimate of drug-likeness (QED) is 0.669. The Bertz CT molecular complexity index is 624. The van der Waals surface area contributed by atoms with Crippen molar-refractivity contribution in [2.45, 2.75) is 6.54 Å². The van der Waals surface area contributed by atoms with Crippen LogP contribution < -0.4 is 11.4 Å². The lowest BCUT2D eigenvalue weighted by atomic mass is 10.3. The molecule has 0 amide bonds. The predicted molar refractivity (Wildman–Crippen MR) is 54.7 cm³/mol. The number of rotatable bonds is 2. The van der Waals surface area contributed by atoms with E-state index < -0.39 is 11.4 Å². The number of allylic oxidation sites excluding steroid dienone is 1. The second kappa shape index (κ2) is 3.53. The van der Waals surface area contributed by atoms with E-state index in [1.807, 2.05) is 0 Å². The van der Waals surface area contributed by atoms with Gasteiger partial charge in [-0.2, -0.15) is 0 Å². The zero-order valence-corrected chi connectivity index (χ0v) is 7.84. The van der Waals surface area contributed by atoms with Crippen molar-refractivity contribution >= 4 is 10.9 Å². The molecule has 0 unspecified atom stereocenters. The molecule has 5 heteroatoms. The van der Waals surface area contributed by atoms with Crippen molar-refractivity contribution in [3.8, 4) is 0 Å². The smallest absolute Gasteiger partial charge is 0.372 e. The first kappa shape index (κ1) is 9.39. The summed E-state index contributed by atoms with van der Waals surface area (Å²) in [7, 11) is 0. The van der Waals surface area contributed by atoms with Crippen LogP contribution in [-0.4, -0.2) is 9.55 Å². The minimum absolute atomic E-state index is 0.291. The summed E-state index contributed by atoms with van der Waals surface area (Å²) in [6.45, 7) is 3.83. The highest BCUT2D eigenvalue weighted by Gasteiger charge is 2.07. The molecule has 15 heavy (non-hydrogen) atoms. The summed E-state index contributed by atoms with van der Waals surface area (Å²) in [5.41, 5.74) is -0.158. The van der Waals surface area contributed by atoms with Crippen molar-refractivity contribution in [2.24, 2.45) is 0 Å². The second-order valence-electron chi connectivity index (χ2n) is 2.95. The van der Waals surface area contributed by atoms with E-state index in [1.54, 1.807) is 12.1 Å². The summed E-state index contributed by atoms with van der Waals surface area (Å²) in [4.78, 5) is 26.5. The van der Waals surface area contributed by atoms with Crippen molar-refractivity contribution in [3.63, 3.8) is 0 Å². The highest BCUT2D eigenvalue weighted by Crippen LogP contribution is 2.04. The molecule has 0 radical (unpaired) electrons.